The van der Waals surface area contributed by atoms with Crippen molar-refractivity contribution in [3.8, 4) is 11.5 Å². The lowest BCUT2D eigenvalue weighted by molar-refractivity contribution is 0.368. The van der Waals surface area contributed by atoms with Gasteiger partial charge in [-0.15, -0.1) is 0 Å². The van der Waals surface area contributed by atoms with E-state index in [4.69, 9.17) is 9.47 Å². The van der Waals surface area contributed by atoms with Gasteiger partial charge in [0.15, 0.2) is 0 Å². The molecular weight excluding hydrogens is 402 g/mol. The summed E-state index contributed by atoms with van der Waals surface area (Å²) in [5.74, 6) is 1.83. The Morgan fingerprint density at radius 1 is 1.07 bits per heavy atom. The largest absolute Gasteiger partial charge is 0.497 e. The number of methoxy groups -OCH3 is 2. The number of hydrogen-bond donors (Lipinski definition) is 1. The molecule has 0 saturated heterocycles. The van der Waals surface area contributed by atoms with Gasteiger partial charge in [0.2, 0.25) is 0 Å². The van der Waals surface area contributed by atoms with Crippen molar-refractivity contribution < 1.29 is 9.47 Å². The van der Waals surface area contributed by atoms with E-state index in [-0.39, 0.29) is 0 Å². The van der Waals surface area contributed by atoms with Gasteiger partial charge in [0.1, 0.15) is 11.5 Å². The molecule has 1 aliphatic rings. The first-order valence-corrected chi connectivity index (χ1v) is 10.7. The van der Waals surface area contributed by atoms with Crippen LogP contribution in [0.15, 0.2) is 40.9 Å². The average Bonchev–Trinajstić information content (AvgIpc) is 2.68. The maximum Gasteiger partial charge on any atom is 0.133 e. The van der Waals surface area contributed by atoms with Crippen molar-refractivity contribution in [2.75, 3.05) is 14.2 Å². The maximum atomic E-state index is 5.47. The van der Waals surface area contributed by atoms with Crippen LogP contribution in [0.3, 0.4) is 0 Å². The lowest BCUT2D eigenvalue weighted by Gasteiger charge is -2.34. The van der Waals surface area contributed by atoms with E-state index >= 15 is 0 Å². The first-order valence-electron chi connectivity index (χ1n) is 9.89. The highest BCUT2D eigenvalue weighted by Gasteiger charge is 2.26. The molecule has 3 nitrogen and oxygen atoms in total. The summed E-state index contributed by atoms with van der Waals surface area (Å²) in [6.07, 6.45) is 7.13. The van der Waals surface area contributed by atoms with Gasteiger partial charge in [0, 0.05) is 12.1 Å². The lowest BCUT2D eigenvalue weighted by atomic mass is 9.85. The molecule has 3 rings (SSSR count). The predicted molar refractivity (Wildman–Crippen MR) is 115 cm³/mol. The maximum absolute atomic E-state index is 5.47. The Hall–Kier alpha value is -1.52. The van der Waals surface area contributed by atoms with Crippen LogP contribution in [0.4, 0.5) is 0 Å². The molecular formula is C23H30BrNO2. The number of unbranched alkanes of at least 4 members (excludes halogenated alkanes) is 2. The molecule has 1 heterocycles. The number of fused-ring (bicyclic) bond motifs is 1. The van der Waals surface area contributed by atoms with Crippen LogP contribution in [0.2, 0.25) is 0 Å². The number of benzene rings is 2. The molecule has 0 radical (unpaired) electrons. The van der Waals surface area contributed by atoms with Crippen molar-refractivity contribution in [2.24, 2.45) is 0 Å². The van der Waals surface area contributed by atoms with E-state index in [0.29, 0.717) is 12.1 Å². The second-order valence-electron chi connectivity index (χ2n) is 7.35. The molecule has 0 aromatic heterocycles. The first kappa shape index (κ1) is 20.2. The monoisotopic (exact) mass is 431 g/mol. The van der Waals surface area contributed by atoms with E-state index in [9.17, 15) is 0 Å². The van der Waals surface area contributed by atoms with E-state index in [0.717, 1.165) is 28.8 Å². The topological polar surface area (TPSA) is 30.5 Å². The molecule has 1 N–H and O–H groups in total. The Kier molecular flexibility index (Phi) is 7.20. The van der Waals surface area contributed by atoms with Crippen molar-refractivity contribution in [1.82, 2.24) is 5.32 Å². The molecule has 0 aliphatic carbocycles. The molecule has 4 heteroatoms. The minimum Gasteiger partial charge on any atom is -0.497 e. The zero-order valence-corrected chi connectivity index (χ0v) is 18.1. The Morgan fingerprint density at radius 2 is 1.93 bits per heavy atom. The van der Waals surface area contributed by atoms with Crippen molar-refractivity contribution >= 4 is 15.9 Å². The molecule has 2 aromatic carbocycles. The fraction of sp³-hybridized carbons (Fsp3) is 0.478. The van der Waals surface area contributed by atoms with Crippen molar-refractivity contribution in [3.63, 3.8) is 0 Å². The summed E-state index contributed by atoms with van der Waals surface area (Å²) in [5.41, 5.74) is 4.12. The van der Waals surface area contributed by atoms with Gasteiger partial charge in [0.25, 0.3) is 0 Å². The number of ether oxygens (including phenoxy) is 2. The normalized spacial score (nSPS) is 18.8. The van der Waals surface area contributed by atoms with E-state index in [1.54, 1.807) is 14.2 Å². The van der Waals surface area contributed by atoms with Gasteiger partial charge in [0.05, 0.1) is 18.7 Å². The minimum atomic E-state index is 0.326. The molecule has 0 saturated carbocycles. The summed E-state index contributed by atoms with van der Waals surface area (Å²) in [6.45, 7) is 2.26. The highest BCUT2D eigenvalue weighted by molar-refractivity contribution is 9.10. The second kappa shape index (κ2) is 9.61. The Labute approximate surface area is 171 Å². The smallest absolute Gasteiger partial charge is 0.133 e. The third-order valence-electron chi connectivity index (χ3n) is 5.44. The van der Waals surface area contributed by atoms with Crippen LogP contribution in [-0.2, 0) is 12.8 Å². The summed E-state index contributed by atoms with van der Waals surface area (Å²) in [7, 11) is 3.45. The molecule has 0 fully saturated rings. The van der Waals surface area contributed by atoms with Gasteiger partial charge in [-0.2, -0.15) is 0 Å². The SMILES string of the molecule is CCCCCC1Cc2cc(OC)ccc2C(Cc2ccc(OC)c(Br)c2)N1. The second-order valence-corrected chi connectivity index (χ2v) is 8.21. The number of halogens is 1. The van der Waals surface area contributed by atoms with Crippen molar-refractivity contribution in [1.29, 1.82) is 0 Å². The average molecular weight is 432 g/mol. The van der Waals surface area contributed by atoms with Crippen LogP contribution in [0, 0.1) is 0 Å². The van der Waals surface area contributed by atoms with E-state index < -0.39 is 0 Å². The molecule has 27 heavy (non-hydrogen) atoms. The molecule has 0 spiro atoms. The quantitative estimate of drug-likeness (QED) is 0.532. The molecule has 1 aliphatic heterocycles. The molecule has 2 unspecified atom stereocenters. The Bertz CT molecular complexity index is 762. The lowest BCUT2D eigenvalue weighted by Crippen LogP contribution is -2.40. The highest BCUT2D eigenvalue weighted by atomic mass is 79.9. The van der Waals surface area contributed by atoms with Crippen molar-refractivity contribution in [2.45, 2.75) is 57.5 Å². The summed E-state index contributed by atoms with van der Waals surface area (Å²) < 4.78 is 11.8. The van der Waals surface area contributed by atoms with Gasteiger partial charge in [-0.3, -0.25) is 0 Å². The van der Waals surface area contributed by atoms with Crippen molar-refractivity contribution in [3.05, 3.63) is 57.6 Å². The van der Waals surface area contributed by atoms with E-state index in [1.165, 1.54) is 42.4 Å². The summed E-state index contributed by atoms with van der Waals surface area (Å²) in [4.78, 5) is 0. The predicted octanol–water partition coefficient (Wildman–Crippen LogP) is 5.84. The summed E-state index contributed by atoms with van der Waals surface area (Å²) in [5, 5.41) is 3.92. The minimum absolute atomic E-state index is 0.326. The number of hydrogen-bond acceptors (Lipinski definition) is 3. The third kappa shape index (κ3) is 5.05. The zero-order chi connectivity index (χ0) is 19.2. The van der Waals surface area contributed by atoms with Gasteiger partial charge >= 0.3 is 0 Å². The molecule has 2 aromatic rings. The van der Waals surface area contributed by atoms with Crippen LogP contribution < -0.4 is 14.8 Å². The summed E-state index contributed by atoms with van der Waals surface area (Å²) >= 11 is 3.61. The molecule has 2 atom stereocenters. The van der Waals surface area contributed by atoms with Gasteiger partial charge in [-0.05, 0) is 76.1 Å². The van der Waals surface area contributed by atoms with Crippen LogP contribution in [-0.4, -0.2) is 20.3 Å². The van der Waals surface area contributed by atoms with E-state index in [2.05, 4.69) is 58.5 Å². The third-order valence-corrected chi connectivity index (χ3v) is 6.06. The molecule has 0 bridgehead atoms. The standard InChI is InChI=1S/C23H30BrNO2/c1-4-5-6-7-18-14-17-15-19(26-2)9-10-20(17)22(25-18)13-16-8-11-23(27-3)21(24)12-16/h8-12,15,18,22,25H,4-7,13-14H2,1-3H3. The zero-order valence-electron chi connectivity index (χ0n) is 16.6. The number of rotatable bonds is 8. The molecule has 146 valence electrons. The molecule has 0 amide bonds. The van der Waals surface area contributed by atoms with Gasteiger partial charge < -0.3 is 14.8 Å². The van der Waals surface area contributed by atoms with E-state index in [1.807, 2.05) is 6.07 Å². The van der Waals surface area contributed by atoms with Gasteiger partial charge in [-0.25, -0.2) is 0 Å². The van der Waals surface area contributed by atoms with Crippen LogP contribution in [0.1, 0.15) is 55.3 Å². The summed E-state index contributed by atoms with van der Waals surface area (Å²) in [6, 6.07) is 13.8. The first-order chi connectivity index (χ1) is 13.1. The number of nitrogens with one attached hydrogen (secondary N) is 1. The van der Waals surface area contributed by atoms with Crippen LogP contribution in [0.5, 0.6) is 11.5 Å². The van der Waals surface area contributed by atoms with Crippen LogP contribution in [0.25, 0.3) is 0 Å². The Morgan fingerprint density at radius 3 is 2.63 bits per heavy atom. The van der Waals surface area contributed by atoms with Crippen LogP contribution >= 0.6 is 15.9 Å². The Balaban J connectivity index is 1.82. The fourth-order valence-corrected chi connectivity index (χ4v) is 4.58. The van der Waals surface area contributed by atoms with Gasteiger partial charge in [-0.1, -0.05) is 38.3 Å². The fourth-order valence-electron chi connectivity index (χ4n) is 3.99. The highest BCUT2D eigenvalue weighted by Crippen LogP contribution is 2.33.